The topological polar surface area (TPSA) is 83.6 Å². The van der Waals surface area contributed by atoms with E-state index in [1.165, 1.54) is 4.31 Å². The minimum absolute atomic E-state index is 0.0104. The lowest BCUT2D eigenvalue weighted by Gasteiger charge is -2.29. The highest BCUT2D eigenvalue weighted by Gasteiger charge is 2.27. The molecule has 1 aliphatic rings. The molecule has 0 aromatic carbocycles. The summed E-state index contributed by atoms with van der Waals surface area (Å²) in [5.41, 5.74) is 5.20. The van der Waals surface area contributed by atoms with Crippen LogP contribution < -0.4 is 5.73 Å². The Balaban J connectivity index is 2.54. The molecular formula is C9H20N2O3S. The molecule has 0 bridgehead atoms. The van der Waals surface area contributed by atoms with E-state index in [-0.39, 0.29) is 12.3 Å². The molecular weight excluding hydrogens is 216 g/mol. The van der Waals surface area contributed by atoms with E-state index >= 15 is 0 Å². The van der Waals surface area contributed by atoms with Gasteiger partial charge in [-0.25, -0.2) is 12.7 Å². The highest BCUT2D eigenvalue weighted by atomic mass is 32.2. The molecule has 1 unspecified atom stereocenters. The number of aliphatic hydroxyl groups excluding tert-OH is 1. The van der Waals surface area contributed by atoms with Crippen molar-refractivity contribution >= 4 is 10.0 Å². The molecule has 1 aliphatic heterocycles. The molecule has 0 aromatic rings. The van der Waals surface area contributed by atoms with E-state index in [2.05, 4.69) is 6.92 Å². The third kappa shape index (κ3) is 3.71. The average Bonchev–Trinajstić information content (AvgIpc) is 2.17. The maximum Gasteiger partial charge on any atom is 0.216 e. The Morgan fingerprint density at radius 1 is 1.47 bits per heavy atom. The van der Waals surface area contributed by atoms with E-state index in [4.69, 9.17) is 5.73 Å². The van der Waals surface area contributed by atoms with Crippen LogP contribution in [0.3, 0.4) is 0 Å². The molecule has 1 saturated heterocycles. The number of aliphatic hydroxyl groups is 1. The van der Waals surface area contributed by atoms with E-state index < -0.39 is 16.1 Å². The van der Waals surface area contributed by atoms with Crippen molar-refractivity contribution in [3.63, 3.8) is 0 Å². The van der Waals surface area contributed by atoms with Crippen molar-refractivity contribution in [2.45, 2.75) is 25.9 Å². The Labute approximate surface area is 91.3 Å². The molecule has 0 aromatic heterocycles. The summed E-state index contributed by atoms with van der Waals surface area (Å²) in [6, 6.07) is 0. The molecule has 0 aliphatic carbocycles. The van der Waals surface area contributed by atoms with Gasteiger partial charge in [0.05, 0.1) is 11.9 Å². The highest BCUT2D eigenvalue weighted by Crippen LogP contribution is 2.19. The molecule has 6 heteroatoms. The number of sulfonamides is 1. The number of hydrogen-bond acceptors (Lipinski definition) is 4. The Bertz CT molecular complexity index is 284. The first kappa shape index (κ1) is 12.9. The summed E-state index contributed by atoms with van der Waals surface area (Å²) in [5, 5.41) is 9.25. The summed E-state index contributed by atoms with van der Waals surface area (Å²) < 4.78 is 25.0. The van der Waals surface area contributed by atoms with Crippen molar-refractivity contribution in [2.24, 2.45) is 11.7 Å². The van der Waals surface area contributed by atoms with Gasteiger partial charge in [0.2, 0.25) is 10.0 Å². The van der Waals surface area contributed by atoms with E-state index in [1.807, 2.05) is 0 Å². The fourth-order valence-electron chi connectivity index (χ4n) is 1.68. The summed E-state index contributed by atoms with van der Waals surface area (Å²) in [5.74, 6) is 0.341. The molecule has 3 N–H and O–H groups in total. The largest absolute Gasteiger partial charge is 0.391 e. The van der Waals surface area contributed by atoms with Gasteiger partial charge in [0.1, 0.15) is 0 Å². The van der Waals surface area contributed by atoms with Gasteiger partial charge in [0.25, 0.3) is 0 Å². The zero-order valence-corrected chi connectivity index (χ0v) is 9.91. The third-order valence-corrected chi connectivity index (χ3v) is 4.77. The molecule has 1 atom stereocenters. The van der Waals surface area contributed by atoms with Gasteiger partial charge < -0.3 is 10.8 Å². The monoisotopic (exact) mass is 236 g/mol. The molecule has 5 nitrogen and oxygen atoms in total. The molecule has 90 valence electrons. The second-order valence-electron chi connectivity index (χ2n) is 4.25. The molecule has 1 fully saturated rings. The minimum Gasteiger partial charge on any atom is -0.391 e. The predicted octanol–water partition coefficient (Wildman–Crippen LogP) is -0.632. The van der Waals surface area contributed by atoms with Gasteiger partial charge in [0, 0.05) is 19.6 Å². The quantitative estimate of drug-likeness (QED) is 0.680. The van der Waals surface area contributed by atoms with Crippen LogP contribution >= 0.6 is 0 Å². The number of piperidine rings is 1. The Hall–Kier alpha value is -0.170. The van der Waals surface area contributed by atoms with Gasteiger partial charge in [-0.3, -0.25) is 0 Å². The van der Waals surface area contributed by atoms with Gasteiger partial charge in [-0.15, -0.1) is 0 Å². The number of rotatable bonds is 4. The fraction of sp³-hybridized carbons (Fsp3) is 1.00. The van der Waals surface area contributed by atoms with Crippen molar-refractivity contribution in [1.29, 1.82) is 0 Å². The van der Waals surface area contributed by atoms with E-state index in [0.29, 0.717) is 19.0 Å². The summed E-state index contributed by atoms with van der Waals surface area (Å²) in [6.07, 6.45) is 0.852. The summed E-state index contributed by atoms with van der Waals surface area (Å²) in [6.45, 7) is 3.25. The molecule has 0 amide bonds. The molecule has 0 radical (unpaired) electrons. The Morgan fingerprint density at radius 3 is 2.47 bits per heavy atom. The van der Waals surface area contributed by atoms with Crippen LogP contribution in [0.1, 0.15) is 19.8 Å². The predicted molar refractivity (Wildman–Crippen MR) is 58.8 cm³/mol. The van der Waals surface area contributed by atoms with Gasteiger partial charge in [-0.05, 0) is 18.8 Å². The lowest BCUT2D eigenvalue weighted by Crippen LogP contribution is -2.42. The van der Waals surface area contributed by atoms with E-state index in [1.54, 1.807) is 0 Å². The average molecular weight is 236 g/mol. The van der Waals surface area contributed by atoms with Crippen molar-refractivity contribution in [3.05, 3.63) is 0 Å². The number of hydrogen-bond donors (Lipinski definition) is 2. The minimum atomic E-state index is -3.31. The SMILES string of the molecule is CC1CCN(S(=O)(=O)CC(O)CN)CC1. The van der Waals surface area contributed by atoms with Gasteiger partial charge in [-0.2, -0.15) is 0 Å². The van der Waals surface area contributed by atoms with Crippen LogP contribution in [0.4, 0.5) is 0 Å². The van der Waals surface area contributed by atoms with E-state index in [0.717, 1.165) is 12.8 Å². The zero-order valence-electron chi connectivity index (χ0n) is 9.09. The van der Waals surface area contributed by atoms with Crippen molar-refractivity contribution in [2.75, 3.05) is 25.4 Å². The Morgan fingerprint density at radius 2 is 2.00 bits per heavy atom. The molecule has 1 rings (SSSR count). The van der Waals surface area contributed by atoms with Crippen LogP contribution in [0.15, 0.2) is 0 Å². The third-order valence-electron chi connectivity index (χ3n) is 2.81. The van der Waals surface area contributed by atoms with Crippen LogP contribution in [0.5, 0.6) is 0 Å². The molecule has 1 heterocycles. The smallest absolute Gasteiger partial charge is 0.216 e. The maximum atomic E-state index is 11.8. The lowest BCUT2D eigenvalue weighted by atomic mass is 10.0. The summed E-state index contributed by atoms with van der Waals surface area (Å²) >= 11 is 0. The first-order chi connectivity index (χ1) is 6.95. The van der Waals surface area contributed by atoms with Crippen molar-refractivity contribution in [1.82, 2.24) is 4.31 Å². The Kier molecular flexibility index (Phi) is 4.51. The lowest BCUT2D eigenvalue weighted by molar-refractivity contribution is 0.201. The second-order valence-corrected chi connectivity index (χ2v) is 6.26. The van der Waals surface area contributed by atoms with Gasteiger partial charge in [0.15, 0.2) is 0 Å². The number of nitrogens with zero attached hydrogens (tertiary/aromatic N) is 1. The number of nitrogens with two attached hydrogens (primary N) is 1. The van der Waals surface area contributed by atoms with E-state index in [9.17, 15) is 13.5 Å². The van der Waals surface area contributed by atoms with Gasteiger partial charge in [-0.1, -0.05) is 6.92 Å². The van der Waals surface area contributed by atoms with Crippen molar-refractivity contribution in [3.8, 4) is 0 Å². The molecule has 0 spiro atoms. The maximum absolute atomic E-state index is 11.8. The first-order valence-electron chi connectivity index (χ1n) is 5.31. The summed E-state index contributed by atoms with van der Waals surface area (Å²) in [7, 11) is -3.31. The highest BCUT2D eigenvalue weighted by molar-refractivity contribution is 7.89. The zero-order chi connectivity index (χ0) is 11.5. The van der Waals surface area contributed by atoms with Crippen LogP contribution in [-0.2, 0) is 10.0 Å². The molecule has 15 heavy (non-hydrogen) atoms. The van der Waals surface area contributed by atoms with Crippen molar-refractivity contribution < 1.29 is 13.5 Å². The van der Waals surface area contributed by atoms with Crippen LogP contribution in [-0.4, -0.2) is 49.3 Å². The van der Waals surface area contributed by atoms with Gasteiger partial charge >= 0.3 is 0 Å². The van der Waals surface area contributed by atoms with Crippen LogP contribution in [0.2, 0.25) is 0 Å². The van der Waals surface area contributed by atoms with Crippen LogP contribution in [0.25, 0.3) is 0 Å². The first-order valence-corrected chi connectivity index (χ1v) is 6.92. The van der Waals surface area contributed by atoms with Crippen LogP contribution in [0, 0.1) is 5.92 Å². The fourth-order valence-corrected chi connectivity index (χ4v) is 3.28. The molecule has 0 saturated carbocycles. The summed E-state index contributed by atoms with van der Waals surface area (Å²) in [4.78, 5) is 0. The standard InChI is InChI=1S/C9H20N2O3S/c1-8-2-4-11(5-3-8)15(13,14)7-9(12)6-10/h8-9,12H,2-7,10H2,1H3. The second kappa shape index (κ2) is 5.25. The normalized spacial score (nSPS) is 22.9.